The minimum Gasteiger partial charge on any atom is -0.463 e. The van der Waals surface area contributed by atoms with E-state index >= 15 is 0 Å². The number of carbonyl (C=O) groups is 1. The molecule has 1 N–H and O–H groups in total. The van der Waals surface area contributed by atoms with Crippen LogP contribution in [-0.4, -0.2) is 17.6 Å². The van der Waals surface area contributed by atoms with Crippen LogP contribution in [0.25, 0.3) is 17.0 Å². The van der Waals surface area contributed by atoms with E-state index in [0.717, 1.165) is 16.5 Å². The van der Waals surface area contributed by atoms with Crippen LogP contribution in [0.3, 0.4) is 0 Å². The summed E-state index contributed by atoms with van der Waals surface area (Å²) < 4.78 is 4.93. The first-order chi connectivity index (χ1) is 8.20. The standard InChI is InChI=1S/C14H15NO2/c1-3-17-14(16)10(2)8-11-4-5-12-6-7-15-13(12)9-11/h4-9,15H,3H2,1-2H3. The van der Waals surface area contributed by atoms with E-state index in [4.69, 9.17) is 4.74 Å². The minimum absolute atomic E-state index is 0.265. The molecule has 0 saturated heterocycles. The summed E-state index contributed by atoms with van der Waals surface area (Å²) in [4.78, 5) is 14.6. The molecule has 0 bridgehead atoms. The number of hydrogen-bond donors (Lipinski definition) is 1. The number of carbonyl (C=O) groups excluding carboxylic acids is 1. The SMILES string of the molecule is CCOC(=O)C(C)=Cc1ccc2cc[nH]c2c1. The number of fused-ring (bicyclic) bond motifs is 1. The van der Waals surface area contributed by atoms with Gasteiger partial charge in [0.2, 0.25) is 0 Å². The lowest BCUT2D eigenvalue weighted by atomic mass is 10.1. The second-order valence-electron chi connectivity index (χ2n) is 3.87. The molecule has 3 nitrogen and oxygen atoms in total. The molecule has 0 amide bonds. The molecule has 0 saturated carbocycles. The summed E-state index contributed by atoms with van der Waals surface area (Å²) in [7, 11) is 0. The topological polar surface area (TPSA) is 42.1 Å². The highest BCUT2D eigenvalue weighted by Gasteiger charge is 2.04. The second-order valence-corrected chi connectivity index (χ2v) is 3.87. The number of aromatic amines is 1. The van der Waals surface area contributed by atoms with Crippen molar-refractivity contribution in [1.29, 1.82) is 0 Å². The molecule has 88 valence electrons. The second kappa shape index (κ2) is 4.87. The Morgan fingerprint density at radius 1 is 1.41 bits per heavy atom. The Hall–Kier alpha value is -2.03. The average molecular weight is 229 g/mol. The van der Waals surface area contributed by atoms with Crippen molar-refractivity contribution in [2.24, 2.45) is 0 Å². The Bertz CT molecular complexity index is 566. The maximum atomic E-state index is 11.5. The van der Waals surface area contributed by atoms with Gasteiger partial charge in [0.05, 0.1) is 6.61 Å². The van der Waals surface area contributed by atoms with E-state index in [0.29, 0.717) is 12.2 Å². The molecule has 1 aromatic heterocycles. The zero-order valence-electron chi connectivity index (χ0n) is 9.99. The number of rotatable bonds is 3. The quantitative estimate of drug-likeness (QED) is 0.649. The maximum absolute atomic E-state index is 11.5. The summed E-state index contributed by atoms with van der Waals surface area (Å²) in [6, 6.07) is 8.04. The van der Waals surface area contributed by atoms with Crippen LogP contribution in [0.4, 0.5) is 0 Å². The smallest absolute Gasteiger partial charge is 0.333 e. The zero-order chi connectivity index (χ0) is 12.3. The van der Waals surface area contributed by atoms with Crippen molar-refractivity contribution in [3.05, 3.63) is 41.6 Å². The average Bonchev–Trinajstić information content (AvgIpc) is 2.76. The zero-order valence-corrected chi connectivity index (χ0v) is 9.99. The van der Waals surface area contributed by atoms with Crippen molar-refractivity contribution < 1.29 is 9.53 Å². The molecule has 1 aromatic carbocycles. The van der Waals surface area contributed by atoms with Gasteiger partial charge in [-0.15, -0.1) is 0 Å². The molecule has 0 aliphatic carbocycles. The number of hydrogen-bond acceptors (Lipinski definition) is 2. The van der Waals surface area contributed by atoms with Crippen LogP contribution >= 0.6 is 0 Å². The van der Waals surface area contributed by atoms with E-state index in [1.807, 2.05) is 36.5 Å². The summed E-state index contributed by atoms with van der Waals surface area (Å²) in [6.45, 7) is 3.97. The predicted octanol–water partition coefficient (Wildman–Crippen LogP) is 3.13. The largest absolute Gasteiger partial charge is 0.463 e. The fraction of sp³-hybridized carbons (Fsp3) is 0.214. The fourth-order valence-electron chi connectivity index (χ4n) is 1.71. The minimum atomic E-state index is -0.265. The lowest BCUT2D eigenvalue weighted by Crippen LogP contribution is -2.04. The summed E-state index contributed by atoms with van der Waals surface area (Å²) in [5, 5.41) is 1.16. The van der Waals surface area contributed by atoms with Crippen LogP contribution in [0, 0.1) is 0 Å². The van der Waals surface area contributed by atoms with Crippen LogP contribution in [0.1, 0.15) is 19.4 Å². The van der Waals surface area contributed by atoms with Crippen molar-refractivity contribution in [2.45, 2.75) is 13.8 Å². The van der Waals surface area contributed by atoms with Gasteiger partial charge >= 0.3 is 5.97 Å². The van der Waals surface area contributed by atoms with Crippen LogP contribution in [0.5, 0.6) is 0 Å². The van der Waals surface area contributed by atoms with Crippen molar-refractivity contribution in [2.75, 3.05) is 6.61 Å². The van der Waals surface area contributed by atoms with Crippen LogP contribution in [0.15, 0.2) is 36.0 Å². The normalized spacial score (nSPS) is 11.8. The summed E-state index contributed by atoms with van der Waals surface area (Å²) >= 11 is 0. The highest BCUT2D eigenvalue weighted by molar-refractivity contribution is 5.93. The van der Waals surface area contributed by atoms with Crippen LogP contribution in [0.2, 0.25) is 0 Å². The third-order valence-electron chi connectivity index (χ3n) is 2.56. The monoisotopic (exact) mass is 229 g/mol. The Labute approximate surface area is 100 Å². The molecule has 2 aromatic rings. The van der Waals surface area contributed by atoms with Gasteiger partial charge in [-0.05, 0) is 43.0 Å². The Morgan fingerprint density at radius 2 is 2.24 bits per heavy atom. The van der Waals surface area contributed by atoms with Crippen molar-refractivity contribution in [1.82, 2.24) is 4.98 Å². The molecular weight excluding hydrogens is 214 g/mol. The maximum Gasteiger partial charge on any atom is 0.333 e. The van der Waals surface area contributed by atoms with Gasteiger partial charge in [0.15, 0.2) is 0 Å². The van der Waals surface area contributed by atoms with Crippen molar-refractivity contribution in [3.8, 4) is 0 Å². The number of aromatic nitrogens is 1. The molecule has 0 spiro atoms. The van der Waals surface area contributed by atoms with Gasteiger partial charge < -0.3 is 9.72 Å². The molecule has 0 atom stereocenters. The molecule has 1 heterocycles. The summed E-state index contributed by atoms with van der Waals surface area (Å²) in [5.74, 6) is -0.265. The molecule has 3 heteroatoms. The van der Waals surface area contributed by atoms with E-state index < -0.39 is 0 Å². The van der Waals surface area contributed by atoms with Gasteiger partial charge in [0.1, 0.15) is 0 Å². The van der Waals surface area contributed by atoms with Crippen LogP contribution in [-0.2, 0) is 9.53 Å². The van der Waals surface area contributed by atoms with E-state index in [9.17, 15) is 4.79 Å². The molecule has 0 aliphatic heterocycles. The van der Waals surface area contributed by atoms with E-state index in [1.54, 1.807) is 13.8 Å². The molecule has 0 aliphatic rings. The molecule has 17 heavy (non-hydrogen) atoms. The number of benzene rings is 1. The molecule has 0 unspecified atom stereocenters. The van der Waals surface area contributed by atoms with Crippen molar-refractivity contribution in [3.63, 3.8) is 0 Å². The third kappa shape index (κ3) is 2.56. The first kappa shape index (κ1) is 11.5. The number of nitrogens with one attached hydrogen (secondary N) is 1. The van der Waals surface area contributed by atoms with E-state index in [2.05, 4.69) is 4.98 Å². The lowest BCUT2D eigenvalue weighted by molar-refractivity contribution is -0.138. The fourth-order valence-corrected chi connectivity index (χ4v) is 1.71. The third-order valence-corrected chi connectivity index (χ3v) is 2.56. The Morgan fingerprint density at radius 3 is 3.00 bits per heavy atom. The highest BCUT2D eigenvalue weighted by atomic mass is 16.5. The summed E-state index contributed by atoms with van der Waals surface area (Å²) in [5.41, 5.74) is 2.67. The molecular formula is C14H15NO2. The van der Waals surface area contributed by atoms with Gasteiger partial charge in [0, 0.05) is 17.3 Å². The van der Waals surface area contributed by atoms with E-state index in [-0.39, 0.29) is 5.97 Å². The number of esters is 1. The Balaban J connectivity index is 2.27. The molecule has 2 rings (SSSR count). The highest BCUT2D eigenvalue weighted by Crippen LogP contribution is 2.16. The predicted molar refractivity (Wildman–Crippen MR) is 68.6 cm³/mol. The van der Waals surface area contributed by atoms with Crippen molar-refractivity contribution >= 4 is 22.9 Å². The van der Waals surface area contributed by atoms with Gasteiger partial charge in [0.25, 0.3) is 0 Å². The first-order valence-corrected chi connectivity index (χ1v) is 5.63. The van der Waals surface area contributed by atoms with Gasteiger partial charge in [-0.2, -0.15) is 0 Å². The van der Waals surface area contributed by atoms with E-state index in [1.165, 1.54) is 0 Å². The molecule has 0 fully saturated rings. The number of H-pyrrole nitrogens is 1. The summed E-state index contributed by atoms with van der Waals surface area (Å²) in [6.07, 6.45) is 3.73. The number of ether oxygens (including phenoxy) is 1. The van der Waals surface area contributed by atoms with Gasteiger partial charge in [-0.1, -0.05) is 12.1 Å². The van der Waals surface area contributed by atoms with Crippen LogP contribution < -0.4 is 0 Å². The first-order valence-electron chi connectivity index (χ1n) is 5.63. The van der Waals surface area contributed by atoms with Gasteiger partial charge in [-0.3, -0.25) is 0 Å². The lowest BCUT2D eigenvalue weighted by Gasteiger charge is -2.01. The van der Waals surface area contributed by atoms with Gasteiger partial charge in [-0.25, -0.2) is 4.79 Å². The molecule has 0 radical (unpaired) electrons. The Kier molecular flexibility index (Phi) is 3.28.